The number of benzene rings is 1. The first kappa shape index (κ1) is 14.2. The number of nitrogens with two attached hydrogens (primary N) is 1. The Kier molecular flexibility index (Phi) is 4.69. The van der Waals surface area contributed by atoms with E-state index < -0.39 is 0 Å². The predicted octanol–water partition coefficient (Wildman–Crippen LogP) is 3.41. The summed E-state index contributed by atoms with van der Waals surface area (Å²) < 4.78 is 13.4. The monoisotopic (exact) mass is 278 g/mol. The highest BCUT2D eigenvalue weighted by molar-refractivity contribution is 7.09. The van der Waals surface area contributed by atoms with Crippen LogP contribution < -0.4 is 5.73 Å². The van der Waals surface area contributed by atoms with Crippen molar-refractivity contribution in [3.63, 3.8) is 0 Å². The van der Waals surface area contributed by atoms with Crippen LogP contribution in [0.2, 0.25) is 0 Å². The lowest BCUT2D eigenvalue weighted by atomic mass is 9.99. The highest BCUT2D eigenvalue weighted by Gasteiger charge is 2.21. The molecule has 2 rings (SSSR count). The molecular weight excluding hydrogens is 259 g/mol. The van der Waals surface area contributed by atoms with E-state index in [1.807, 2.05) is 26.1 Å². The minimum absolute atomic E-state index is 0.0119. The first-order valence-electron chi connectivity index (χ1n) is 6.31. The molecule has 0 radical (unpaired) electrons. The van der Waals surface area contributed by atoms with Gasteiger partial charge in [-0.3, -0.25) is 4.90 Å². The molecule has 2 unspecified atom stereocenters. The molecule has 0 aliphatic heterocycles. The summed E-state index contributed by atoms with van der Waals surface area (Å²) in [5.74, 6) is -0.215. The largest absolute Gasteiger partial charge is 0.326 e. The summed E-state index contributed by atoms with van der Waals surface area (Å²) in [4.78, 5) is 3.45. The fourth-order valence-electron chi connectivity index (χ4n) is 2.40. The number of halogens is 1. The van der Waals surface area contributed by atoms with E-state index in [1.165, 1.54) is 10.9 Å². The molecule has 0 spiro atoms. The first-order chi connectivity index (χ1) is 9.08. The quantitative estimate of drug-likeness (QED) is 0.908. The van der Waals surface area contributed by atoms with Gasteiger partial charge in [-0.1, -0.05) is 18.2 Å². The Labute approximate surface area is 117 Å². The highest BCUT2D eigenvalue weighted by Crippen LogP contribution is 2.25. The molecule has 19 heavy (non-hydrogen) atoms. The van der Waals surface area contributed by atoms with Gasteiger partial charge in [0.2, 0.25) is 0 Å². The Hall–Kier alpha value is -1.23. The summed E-state index contributed by atoms with van der Waals surface area (Å²) in [5, 5.41) is 2.06. The number of hydrogen-bond donors (Lipinski definition) is 1. The summed E-state index contributed by atoms with van der Waals surface area (Å²) >= 11 is 1.72. The van der Waals surface area contributed by atoms with Crippen molar-refractivity contribution in [1.29, 1.82) is 0 Å². The van der Waals surface area contributed by atoms with E-state index in [0.29, 0.717) is 0 Å². The second-order valence-corrected chi connectivity index (χ2v) is 5.89. The molecule has 0 aliphatic carbocycles. The molecule has 1 aromatic heterocycles. The molecular formula is C15H19FN2S. The van der Waals surface area contributed by atoms with Crippen LogP contribution in [0.3, 0.4) is 0 Å². The molecule has 0 amide bonds. The zero-order valence-electron chi connectivity index (χ0n) is 11.2. The maximum absolute atomic E-state index is 13.4. The number of likely N-dealkylation sites (N-methyl/N-ethyl adjacent to an activating group) is 1. The van der Waals surface area contributed by atoms with Crippen molar-refractivity contribution in [2.45, 2.75) is 25.6 Å². The van der Waals surface area contributed by atoms with Crippen LogP contribution in [0.1, 0.15) is 23.4 Å². The third-order valence-corrected chi connectivity index (χ3v) is 4.01. The maximum atomic E-state index is 13.4. The fraction of sp³-hybridized carbons (Fsp3) is 0.333. The normalized spacial score (nSPS) is 14.6. The van der Waals surface area contributed by atoms with Gasteiger partial charge >= 0.3 is 0 Å². The van der Waals surface area contributed by atoms with Crippen molar-refractivity contribution in [2.24, 2.45) is 5.73 Å². The Balaban J connectivity index is 2.20. The predicted molar refractivity (Wildman–Crippen MR) is 78.6 cm³/mol. The number of nitrogens with zero attached hydrogens (tertiary/aromatic N) is 1. The van der Waals surface area contributed by atoms with Crippen LogP contribution >= 0.6 is 11.3 Å². The summed E-state index contributed by atoms with van der Waals surface area (Å²) in [5.41, 5.74) is 7.01. The lowest BCUT2D eigenvalue weighted by molar-refractivity contribution is 0.212. The van der Waals surface area contributed by atoms with Gasteiger partial charge in [0, 0.05) is 23.5 Å². The van der Waals surface area contributed by atoms with Crippen LogP contribution in [0, 0.1) is 5.82 Å². The lowest BCUT2D eigenvalue weighted by Crippen LogP contribution is -2.36. The zero-order chi connectivity index (χ0) is 13.8. The molecule has 2 N–H and O–H groups in total. The molecule has 102 valence electrons. The topological polar surface area (TPSA) is 29.3 Å². The maximum Gasteiger partial charge on any atom is 0.123 e. The Morgan fingerprint density at radius 3 is 2.68 bits per heavy atom. The van der Waals surface area contributed by atoms with Gasteiger partial charge in [-0.2, -0.15) is 0 Å². The van der Waals surface area contributed by atoms with Crippen LogP contribution in [-0.4, -0.2) is 18.0 Å². The molecule has 0 saturated heterocycles. The summed E-state index contributed by atoms with van der Waals surface area (Å²) in [6.45, 7) is 2.78. The SMILES string of the molecule is CC(N)C(c1cccc(F)c1)N(C)Cc1cccs1. The third kappa shape index (κ3) is 3.62. The van der Waals surface area contributed by atoms with Gasteiger partial charge in [0.1, 0.15) is 5.82 Å². The second-order valence-electron chi connectivity index (χ2n) is 4.85. The van der Waals surface area contributed by atoms with E-state index in [2.05, 4.69) is 16.3 Å². The highest BCUT2D eigenvalue weighted by atomic mass is 32.1. The van der Waals surface area contributed by atoms with E-state index in [-0.39, 0.29) is 17.9 Å². The van der Waals surface area contributed by atoms with Crippen LogP contribution in [0.5, 0.6) is 0 Å². The molecule has 2 aromatic rings. The van der Waals surface area contributed by atoms with E-state index in [1.54, 1.807) is 23.5 Å². The summed E-state index contributed by atoms with van der Waals surface area (Å²) in [6, 6.07) is 10.8. The Morgan fingerprint density at radius 2 is 2.11 bits per heavy atom. The van der Waals surface area contributed by atoms with E-state index in [9.17, 15) is 4.39 Å². The molecule has 0 aliphatic rings. The van der Waals surface area contributed by atoms with Gasteiger partial charge in [0.25, 0.3) is 0 Å². The van der Waals surface area contributed by atoms with Gasteiger partial charge < -0.3 is 5.73 Å². The summed E-state index contributed by atoms with van der Waals surface area (Å²) in [6.07, 6.45) is 0. The van der Waals surface area contributed by atoms with Crippen LogP contribution in [0.15, 0.2) is 41.8 Å². The molecule has 1 heterocycles. The fourth-order valence-corrected chi connectivity index (χ4v) is 3.16. The van der Waals surface area contributed by atoms with E-state index in [0.717, 1.165) is 12.1 Å². The third-order valence-electron chi connectivity index (χ3n) is 3.15. The van der Waals surface area contributed by atoms with E-state index >= 15 is 0 Å². The van der Waals surface area contributed by atoms with Crippen LogP contribution in [0.25, 0.3) is 0 Å². The smallest absolute Gasteiger partial charge is 0.123 e. The minimum Gasteiger partial charge on any atom is -0.326 e. The Bertz CT molecular complexity index is 511. The first-order valence-corrected chi connectivity index (χ1v) is 7.19. The average molecular weight is 278 g/mol. The number of hydrogen-bond acceptors (Lipinski definition) is 3. The minimum atomic E-state index is -0.215. The lowest BCUT2D eigenvalue weighted by Gasteiger charge is -2.31. The van der Waals surface area contributed by atoms with Crippen molar-refractivity contribution >= 4 is 11.3 Å². The van der Waals surface area contributed by atoms with Crippen molar-refractivity contribution in [1.82, 2.24) is 4.90 Å². The molecule has 0 saturated carbocycles. The molecule has 2 atom stereocenters. The van der Waals surface area contributed by atoms with Gasteiger partial charge in [-0.25, -0.2) is 4.39 Å². The van der Waals surface area contributed by atoms with Crippen LogP contribution in [-0.2, 0) is 6.54 Å². The average Bonchev–Trinajstić information content (AvgIpc) is 2.81. The molecule has 2 nitrogen and oxygen atoms in total. The van der Waals surface area contributed by atoms with Crippen molar-refractivity contribution in [3.8, 4) is 0 Å². The van der Waals surface area contributed by atoms with Gasteiger partial charge in [0.15, 0.2) is 0 Å². The number of rotatable bonds is 5. The second kappa shape index (κ2) is 6.28. The van der Waals surface area contributed by atoms with E-state index in [4.69, 9.17) is 5.73 Å². The Morgan fingerprint density at radius 1 is 1.32 bits per heavy atom. The molecule has 0 bridgehead atoms. The molecule has 0 fully saturated rings. The van der Waals surface area contributed by atoms with Gasteiger partial charge in [-0.05, 0) is 43.1 Å². The number of thiophene rings is 1. The van der Waals surface area contributed by atoms with Crippen molar-refractivity contribution < 1.29 is 4.39 Å². The van der Waals surface area contributed by atoms with Gasteiger partial charge in [0.05, 0.1) is 0 Å². The molecule has 1 aromatic carbocycles. The standard InChI is InChI=1S/C15H19FN2S/c1-11(17)15(12-5-3-6-13(16)9-12)18(2)10-14-7-4-8-19-14/h3-9,11,15H,10,17H2,1-2H3. The molecule has 4 heteroatoms. The zero-order valence-corrected chi connectivity index (χ0v) is 12.0. The van der Waals surface area contributed by atoms with Crippen LogP contribution in [0.4, 0.5) is 4.39 Å². The van der Waals surface area contributed by atoms with Gasteiger partial charge in [-0.15, -0.1) is 11.3 Å². The van der Waals surface area contributed by atoms with Crippen molar-refractivity contribution in [2.75, 3.05) is 7.05 Å². The summed E-state index contributed by atoms with van der Waals surface area (Å²) in [7, 11) is 2.03. The van der Waals surface area contributed by atoms with Crippen molar-refractivity contribution in [3.05, 3.63) is 58.0 Å².